The predicted octanol–water partition coefficient (Wildman–Crippen LogP) is 1.15. The summed E-state index contributed by atoms with van der Waals surface area (Å²) in [5.74, 6) is 1.77. The van der Waals surface area contributed by atoms with Crippen molar-refractivity contribution in [3.05, 3.63) is 23.8 Å². The Labute approximate surface area is 87.4 Å². The highest BCUT2D eigenvalue weighted by Gasteiger charge is 2.42. The van der Waals surface area contributed by atoms with Gasteiger partial charge in [0.2, 0.25) is 5.91 Å². The Balaban J connectivity index is 2.02. The van der Waals surface area contributed by atoms with Crippen molar-refractivity contribution >= 4 is 5.91 Å². The third-order valence-electron chi connectivity index (χ3n) is 2.92. The molecule has 0 saturated carbocycles. The minimum atomic E-state index is -0.0582. The van der Waals surface area contributed by atoms with Crippen LogP contribution in [0.4, 0.5) is 0 Å². The molecule has 1 amide bonds. The van der Waals surface area contributed by atoms with Crippen LogP contribution >= 0.6 is 0 Å². The molecule has 2 aliphatic heterocycles. The zero-order chi connectivity index (χ0) is 10.4. The molecular formula is C11H11NO3. The van der Waals surface area contributed by atoms with Crippen LogP contribution in [0.1, 0.15) is 12.0 Å². The average molecular weight is 205 g/mol. The summed E-state index contributed by atoms with van der Waals surface area (Å²) in [6.45, 7) is 0.600. The van der Waals surface area contributed by atoms with Gasteiger partial charge in [-0.05, 0) is 12.1 Å². The number of carbonyl (C=O) groups excluding carboxylic acids is 1. The van der Waals surface area contributed by atoms with E-state index in [-0.39, 0.29) is 12.1 Å². The van der Waals surface area contributed by atoms with Crippen LogP contribution in [0.2, 0.25) is 0 Å². The van der Waals surface area contributed by atoms with Crippen molar-refractivity contribution in [3.63, 3.8) is 0 Å². The van der Waals surface area contributed by atoms with E-state index >= 15 is 0 Å². The van der Waals surface area contributed by atoms with Crippen molar-refractivity contribution < 1.29 is 14.3 Å². The number of fused-ring (bicyclic) bond motifs is 2. The van der Waals surface area contributed by atoms with Gasteiger partial charge in [0, 0.05) is 0 Å². The first-order chi connectivity index (χ1) is 7.29. The van der Waals surface area contributed by atoms with Crippen molar-refractivity contribution in [1.82, 2.24) is 4.90 Å². The molecule has 0 radical (unpaired) electrons. The maximum Gasteiger partial charge on any atom is 0.231 e. The Morgan fingerprint density at radius 3 is 3.13 bits per heavy atom. The van der Waals surface area contributed by atoms with Crippen LogP contribution in [0.25, 0.3) is 0 Å². The highest BCUT2D eigenvalue weighted by Crippen LogP contribution is 2.38. The second kappa shape index (κ2) is 2.89. The average Bonchev–Trinajstić information content (AvgIpc) is 2.26. The molecule has 1 atom stereocenters. The number of ether oxygens (including phenoxy) is 2. The van der Waals surface area contributed by atoms with E-state index in [0.717, 1.165) is 17.1 Å². The van der Waals surface area contributed by atoms with Gasteiger partial charge in [-0.25, -0.2) is 0 Å². The fourth-order valence-electron chi connectivity index (χ4n) is 2.04. The third kappa shape index (κ3) is 1.11. The Morgan fingerprint density at radius 2 is 2.40 bits per heavy atom. The summed E-state index contributed by atoms with van der Waals surface area (Å²) in [5.41, 5.74) is 0.962. The number of rotatable bonds is 1. The minimum Gasteiger partial charge on any atom is -0.496 e. The summed E-state index contributed by atoms with van der Waals surface area (Å²) >= 11 is 0. The Hall–Kier alpha value is -1.71. The lowest BCUT2D eigenvalue weighted by atomic mass is 10.0. The third-order valence-corrected chi connectivity index (χ3v) is 2.92. The van der Waals surface area contributed by atoms with Gasteiger partial charge in [0.05, 0.1) is 25.6 Å². The molecule has 1 aromatic carbocycles. The van der Waals surface area contributed by atoms with Crippen molar-refractivity contribution in [2.24, 2.45) is 0 Å². The molecule has 0 aliphatic carbocycles. The molecule has 2 aliphatic rings. The van der Waals surface area contributed by atoms with E-state index in [1.165, 1.54) is 0 Å². The van der Waals surface area contributed by atoms with E-state index in [0.29, 0.717) is 13.0 Å². The fourth-order valence-corrected chi connectivity index (χ4v) is 2.04. The number of nitrogens with zero attached hydrogens (tertiary/aromatic N) is 1. The highest BCUT2D eigenvalue weighted by atomic mass is 16.5. The van der Waals surface area contributed by atoms with Gasteiger partial charge >= 0.3 is 0 Å². The molecule has 4 heteroatoms. The lowest BCUT2D eigenvalue weighted by molar-refractivity contribution is -0.165. The number of amides is 1. The first-order valence-corrected chi connectivity index (χ1v) is 4.91. The summed E-state index contributed by atoms with van der Waals surface area (Å²) in [6, 6.07) is 5.69. The second-order valence-corrected chi connectivity index (χ2v) is 3.74. The van der Waals surface area contributed by atoms with E-state index in [9.17, 15) is 4.79 Å². The first kappa shape index (κ1) is 8.59. The van der Waals surface area contributed by atoms with Crippen molar-refractivity contribution in [1.29, 1.82) is 0 Å². The molecule has 0 bridgehead atoms. The van der Waals surface area contributed by atoms with Gasteiger partial charge in [-0.1, -0.05) is 6.07 Å². The summed E-state index contributed by atoms with van der Waals surface area (Å²) in [5, 5.41) is 0. The highest BCUT2D eigenvalue weighted by molar-refractivity contribution is 5.83. The summed E-state index contributed by atoms with van der Waals surface area (Å²) in [6.07, 6.45) is 0.438. The number of hydrogen-bond acceptors (Lipinski definition) is 3. The molecule has 0 aromatic heterocycles. The van der Waals surface area contributed by atoms with Crippen LogP contribution in [0.15, 0.2) is 18.2 Å². The van der Waals surface area contributed by atoms with Gasteiger partial charge in [-0.15, -0.1) is 0 Å². The molecule has 2 heterocycles. The van der Waals surface area contributed by atoms with Crippen LogP contribution < -0.4 is 9.47 Å². The molecule has 1 fully saturated rings. The molecule has 0 unspecified atom stereocenters. The van der Waals surface area contributed by atoms with E-state index in [4.69, 9.17) is 9.47 Å². The topological polar surface area (TPSA) is 38.8 Å². The molecule has 0 spiro atoms. The zero-order valence-electron chi connectivity index (χ0n) is 8.40. The minimum absolute atomic E-state index is 0.0582. The molecule has 4 nitrogen and oxygen atoms in total. The molecule has 0 N–H and O–H groups in total. The van der Waals surface area contributed by atoms with Gasteiger partial charge in [0.1, 0.15) is 11.5 Å². The number of carbonyl (C=O) groups is 1. The SMILES string of the molecule is COc1cccc2c1CN1C(=O)C[C@H]1O2. The van der Waals surface area contributed by atoms with Crippen LogP contribution in [-0.2, 0) is 11.3 Å². The number of β-lactam (4-membered cyclic amide) rings is 1. The Kier molecular flexibility index (Phi) is 1.65. The van der Waals surface area contributed by atoms with Gasteiger partial charge in [-0.2, -0.15) is 0 Å². The quantitative estimate of drug-likeness (QED) is 0.645. The van der Waals surface area contributed by atoms with Gasteiger partial charge < -0.3 is 14.4 Å². The molecular weight excluding hydrogens is 194 g/mol. The van der Waals surface area contributed by atoms with Crippen molar-refractivity contribution in [2.45, 2.75) is 19.2 Å². The fraction of sp³-hybridized carbons (Fsp3) is 0.364. The molecule has 1 saturated heterocycles. The predicted molar refractivity (Wildman–Crippen MR) is 52.6 cm³/mol. The summed E-state index contributed by atoms with van der Waals surface area (Å²) in [4.78, 5) is 13.0. The first-order valence-electron chi connectivity index (χ1n) is 4.91. The van der Waals surface area contributed by atoms with E-state index in [1.54, 1.807) is 12.0 Å². The Morgan fingerprint density at radius 1 is 1.53 bits per heavy atom. The normalized spacial score (nSPS) is 22.3. The van der Waals surface area contributed by atoms with Crippen molar-refractivity contribution in [3.8, 4) is 11.5 Å². The monoisotopic (exact) mass is 205 g/mol. The van der Waals surface area contributed by atoms with Crippen LogP contribution in [0.5, 0.6) is 11.5 Å². The maximum absolute atomic E-state index is 11.3. The Bertz CT molecular complexity index is 430. The summed E-state index contributed by atoms with van der Waals surface area (Å²) in [7, 11) is 1.62. The summed E-state index contributed by atoms with van der Waals surface area (Å²) < 4.78 is 10.9. The van der Waals surface area contributed by atoms with Crippen LogP contribution in [-0.4, -0.2) is 24.1 Å². The van der Waals surface area contributed by atoms with E-state index in [2.05, 4.69) is 0 Å². The largest absolute Gasteiger partial charge is 0.496 e. The lowest BCUT2D eigenvalue weighted by Gasteiger charge is -2.44. The maximum atomic E-state index is 11.3. The van der Waals surface area contributed by atoms with Crippen LogP contribution in [0, 0.1) is 0 Å². The molecule has 3 rings (SSSR count). The van der Waals surface area contributed by atoms with Gasteiger partial charge in [-0.3, -0.25) is 4.79 Å². The molecule has 15 heavy (non-hydrogen) atoms. The van der Waals surface area contributed by atoms with Gasteiger partial charge in [0.15, 0.2) is 6.23 Å². The second-order valence-electron chi connectivity index (χ2n) is 3.74. The van der Waals surface area contributed by atoms with Crippen LogP contribution in [0.3, 0.4) is 0 Å². The van der Waals surface area contributed by atoms with Crippen molar-refractivity contribution in [2.75, 3.05) is 7.11 Å². The van der Waals surface area contributed by atoms with E-state index < -0.39 is 0 Å². The number of benzene rings is 1. The molecule has 78 valence electrons. The number of methoxy groups -OCH3 is 1. The standard InChI is InChI=1S/C11H11NO3/c1-14-8-3-2-4-9-7(8)6-12-10(13)5-11(12)15-9/h2-4,11H,5-6H2,1H3/t11-/m1/s1. The van der Waals surface area contributed by atoms with E-state index in [1.807, 2.05) is 18.2 Å². The van der Waals surface area contributed by atoms with Gasteiger partial charge in [0.25, 0.3) is 0 Å². The number of hydrogen-bond donors (Lipinski definition) is 0. The smallest absolute Gasteiger partial charge is 0.231 e. The zero-order valence-corrected chi connectivity index (χ0v) is 8.40. The molecule has 1 aromatic rings. The lowest BCUT2D eigenvalue weighted by Crippen LogP contribution is -2.56.